The lowest BCUT2D eigenvalue weighted by atomic mass is 10.2. The number of ether oxygens (including phenoxy) is 1. The summed E-state index contributed by atoms with van der Waals surface area (Å²) in [4.78, 5) is 42.3. The number of carbonyl (C=O) groups excluding carboxylic acids is 1. The minimum Gasteiger partial charge on any atom is -0.379 e. The van der Waals surface area contributed by atoms with Crippen molar-refractivity contribution in [3.63, 3.8) is 0 Å². The van der Waals surface area contributed by atoms with Crippen molar-refractivity contribution in [2.24, 2.45) is 0 Å². The highest BCUT2D eigenvalue weighted by Gasteiger charge is 2.23. The molecule has 1 aromatic heterocycles. The summed E-state index contributed by atoms with van der Waals surface area (Å²) in [5, 5.41) is 14.3. The molecule has 11 heteroatoms. The number of nitro groups is 1. The van der Waals surface area contributed by atoms with Crippen LogP contribution < -0.4 is 11.0 Å². The Morgan fingerprint density at radius 2 is 2.00 bits per heavy atom. The molecule has 0 radical (unpaired) electrons. The highest BCUT2D eigenvalue weighted by molar-refractivity contribution is 8.00. The smallest absolute Gasteiger partial charge is 0.348 e. The van der Waals surface area contributed by atoms with Crippen molar-refractivity contribution in [3.8, 4) is 0 Å². The van der Waals surface area contributed by atoms with Gasteiger partial charge < -0.3 is 10.1 Å². The average Bonchev–Trinajstić information content (AvgIpc) is 3.28. The fraction of sp³-hybridized carbons (Fsp3) is 0.476. The number of nitro benzene ring substituents is 1. The molecular weight excluding hydrogens is 434 g/mol. The van der Waals surface area contributed by atoms with Crippen molar-refractivity contribution >= 4 is 29.0 Å². The number of para-hydroxylation sites is 2. The van der Waals surface area contributed by atoms with Crippen LogP contribution in [0.5, 0.6) is 0 Å². The number of nitrogens with one attached hydrogen (secondary N) is 1. The third-order valence-electron chi connectivity index (χ3n) is 5.66. The molecule has 4 rings (SSSR count). The van der Waals surface area contributed by atoms with E-state index in [-0.39, 0.29) is 28.7 Å². The molecule has 32 heavy (non-hydrogen) atoms. The molecule has 0 bridgehead atoms. The lowest BCUT2D eigenvalue weighted by Gasteiger charge is -2.27. The number of rotatable bonds is 8. The summed E-state index contributed by atoms with van der Waals surface area (Å²) in [6, 6.07) is 6.00. The lowest BCUT2D eigenvalue weighted by molar-refractivity contribution is -0.383. The monoisotopic (exact) mass is 459 g/mol. The fourth-order valence-corrected chi connectivity index (χ4v) is 4.94. The average molecular weight is 460 g/mol. The molecule has 1 aliphatic carbocycles. The van der Waals surface area contributed by atoms with E-state index < -0.39 is 4.92 Å². The van der Waals surface area contributed by atoms with Crippen LogP contribution in [0.3, 0.4) is 0 Å². The second-order valence-corrected chi connectivity index (χ2v) is 8.66. The predicted octanol–water partition coefficient (Wildman–Crippen LogP) is 1.70. The predicted molar refractivity (Wildman–Crippen MR) is 120 cm³/mol. The van der Waals surface area contributed by atoms with Gasteiger partial charge in [0.25, 0.3) is 5.69 Å². The Bertz CT molecular complexity index is 1070. The van der Waals surface area contributed by atoms with Gasteiger partial charge in [0.1, 0.15) is 10.7 Å². The minimum atomic E-state index is -0.534. The zero-order valence-corrected chi connectivity index (χ0v) is 18.4. The first-order valence-corrected chi connectivity index (χ1v) is 11.6. The van der Waals surface area contributed by atoms with Gasteiger partial charge in [-0.2, -0.15) is 4.98 Å². The van der Waals surface area contributed by atoms with Gasteiger partial charge in [0.05, 0.1) is 23.9 Å². The Morgan fingerprint density at radius 1 is 1.22 bits per heavy atom. The van der Waals surface area contributed by atoms with E-state index in [4.69, 9.17) is 4.74 Å². The van der Waals surface area contributed by atoms with Crippen LogP contribution in [0.25, 0.3) is 0 Å². The highest BCUT2D eigenvalue weighted by atomic mass is 32.2. The van der Waals surface area contributed by atoms with Gasteiger partial charge in [-0.15, -0.1) is 0 Å². The van der Waals surface area contributed by atoms with E-state index in [1.165, 1.54) is 23.9 Å². The Morgan fingerprint density at radius 3 is 2.78 bits per heavy atom. The molecule has 1 fully saturated rings. The normalized spacial score (nSPS) is 16.0. The third-order valence-corrected chi connectivity index (χ3v) is 6.68. The summed E-state index contributed by atoms with van der Waals surface area (Å²) in [6.45, 7) is 4.55. The number of nitrogens with zero attached hydrogens (tertiary/aromatic N) is 4. The molecule has 10 nitrogen and oxygen atoms in total. The van der Waals surface area contributed by atoms with Gasteiger partial charge in [0.2, 0.25) is 5.91 Å². The molecule has 0 unspecified atom stereocenters. The molecule has 2 aromatic rings. The molecule has 170 valence electrons. The molecule has 0 saturated carbocycles. The largest absolute Gasteiger partial charge is 0.379 e. The van der Waals surface area contributed by atoms with Crippen molar-refractivity contribution in [2.75, 3.05) is 43.9 Å². The van der Waals surface area contributed by atoms with E-state index >= 15 is 0 Å². The lowest BCUT2D eigenvalue weighted by Crippen LogP contribution is -2.40. The molecule has 1 saturated heterocycles. The Kier molecular flexibility index (Phi) is 7.18. The first kappa shape index (κ1) is 22.4. The maximum absolute atomic E-state index is 12.7. The van der Waals surface area contributed by atoms with E-state index in [1.807, 2.05) is 0 Å². The molecule has 2 heterocycles. The summed E-state index contributed by atoms with van der Waals surface area (Å²) >= 11 is 1.20. The molecule has 1 aliphatic heterocycles. The van der Waals surface area contributed by atoms with Gasteiger partial charge >= 0.3 is 5.69 Å². The van der Waals surface area contributed by atoms with Crippen molar-refractivity contribution < 1.29 is 14.5 Å². The number of anilines is 1. The van der Waals surface area contributed by atoms with Crippen LogP contribution in [0.1, 0.15) is 17.7 Å². The van der Waals surface area contributed by atoms with Crippen LogP contribution >= 0.6 is 11.8 Å². The van der Waals surface area contributed by atoms with Gasteiger partial charge in [-0.1, -0.05) is 23.9 Å². The van der Waals surface area contributed by atoms with Crippen molar-refractivity contribution in [1.29, 1.82) is 0 Å². The third kappa shape index (κ3) is 5.17. The molecule has 1 amide bonds. The number of thioether (sulfide) groups is 1. The van der Waals surface area contributed by atoms with Crippen LogP contribution in [0.4, 0.5) is 11.4 Å². The number of hydrogen-bond acceptors (Lipinski definition) is 8. The Hall–Kier alpha value is -2.76. The number of aromatic nitrogens is 2. The molecule has 1 N–H and O–H groups in total. The fourth-order valence-electron chi connectivity index (χ4n) is 4.06. The first-order valence-electron chi connectivity index (χ1n) is 10.6. The first-order chi connectivity index (χ1) is 15.5. The quantitative estimate of drug-likeness (QED) is 0.274. The molecular formula is C21H25N5O5S. The number of fused-ring (bicyclic) bond motifs is 1. The summed E-state index contributed by atoms with van der Waals surface area (Å²) in [6.07, 6.45) is 2.61. The summed E-state index contributed by atoms with van der Waals surface area (Å²) < 4.78 is 7.15. The SMILES string of the molecule is O=C(CSc1nc(=O)n(CCN2CCOCC2)c2c1CCC2)Nc1ccccc1[N+](=O)[O-]. The van der Waals surface area contributed by atoms with Crippen LogP contribution in [0.15, 0.2) is 34.1 Å². The zero-order valence-electron chi connectivity index (χ0n) is 17.6. The Balaban J connectivity index is 1.43. The van der Waals surface area contributed by atoms with Crippen LogP contribution in [-0.2, 0) is 28.9 Å². The summed E-state index contributed by atoms with van der Waals surface area (Å²) in [5.74, 6) is -0.364. The maximum atomic E-state index is 12.7. The van der Waals surface area contributed by atoms with Gasteiger partial charge in [-0.3, -0.25) is 24.4 Å². The van der Waals surface area contributed by atoms with Crippen LogP contribution in [0.2, 0.25) is 0 Å². The van der Waals surface area contributed by atoms with Gasteiger partial charge in [0, 0.05) is 43.5 Å². The second kappa shape index (κ2) is 10.2. The maximum Gasteiger partial charge on any atom is 0.348 e. The van der Waals surface area contributed by atoms with E-state index in [0.717, 1.165) is 63.4 Å². The van der Waals surface area contributed by atoms with E-state index in [9.17, 15) is 19.7 Å². The number of amides is 1. The van der Waals surface area contributed by atoms with Gasteiger partial charge in [0.15, 0.2) is 0 Å². The zero-order chi connectivity index (χ0) is 22.5. The van der Waals surface area contributed by atoms with E-state index in [2.05, 4.69) is 15.2 Å². The van der Waals surface area contributed by atoms with Crippen molar-refractivity contribution in [3.05, 3.63) is 56.1 Å². The van der Waals surface area contributed by atoms with Crippen molar-refractivity contribution in [1.82, 2.24) is 14.5 Å². The topological polar surface area (TPSA) is 120 Å². The van der Waals surface area contributed by atoms with Crippen molar-refractivity contribution in [2.45, 2.75) is 30.8 Å². The highest BCUT2D eigenvalue weighted by Crippen LogP contribution is 2.30. The van der Waals surface area contributed by atoms with Crippen LogP contribution in [0, 0.1) is 10.1 Å². The molecule has 0 spiro atoms. The van der Waals surface area contributed by atoms with E-state index in [1.54, 1.807) is 16.7 Å². The number of hydrogen-bond donors (Lipinski definition) is 1. The van der Waals surface area contributed by atoms with Gasteiger partial charge in [-0.25, -0.2) is 4.79 Å². The van der Waals surface area contributed by atoms with Crippen LogP contribution in [-0.4, -0.2) is 63.9 Å². The van der Waals surface area contributed by atoms with E-state index in [0.29, 0.717) is 11.6 Å². The number of carbonyl (C=O) groups is 1. The number of benzene rings is 1. The minimum absolute atomic E-state index is 0.0166. The molecule has 2 aliphatic rings. The Labute approximate surface area is 189 Å². The summed E-state index contributed by atoms with van der Waals surface area (Å²) in [7, 11) is 0. The standard InChI is InChI=1S/C21H25N5O5S/c27-19(22-16-5-1-2-6-18(16)26(29)30)14-32-20-15-4-3-7-17(15)25(21(28)23-20)9-8-24-10-12-31-13-11-24/h1-2,5-6H,3-4,7-14H2,(H,22,27). The molecule has 0 atom stereocenters. The molecule has 1 aromatic carbocycles. The van der Waals surface area contributed by atoms with Gasteiger partial charge in [-0.05, 0) is 25.3 Å². The number of morpholine rings is 1. The summed E-state index contributed by atoms with van der Waals surface area (Å²) in [5.41, 5.74) is 1.75. The second-order valence-electron chi connectivity index (χ2n) is 7.70.